The molecule has 2 unspecified atom stereocenters. The van der Waals surface area contributed by atoms with Crippen LogP contribution in [0.5, 0.6) is 5.75 Å². The van der Waals surface area contributed by atoms with Crippen LogP contribution in [-0.2, 0) is 4.79 Å². The maximum absolute atomic E-state index is 12.3. The number of rotatable bonds is 7. The second-order valence-electron chi connectivity index (χ2n) is 7.60. The Bertz CT molecular complexity index is 674. The van der Waals surface area contributed by atoms with E-state index in [1.807, 2.05) is 0 Å². The number of carbonyl (C=O) groups is 1. The Hall–Kier alpha value is -1.96. The van der Waals surface area contributed by atoms with Gasteiger partial charge in [0.05, 0.1) is 11.5 Å². The SMILES string of the molecule is NC(=O)C1(C2CCC(O)CC2)CC1CCNc1cccc(OC(F)(F)F)c1. The first-order chi connectivity index (χ1) is 12.7. The fraction of sp³-hybridized carbons (Fsp3) is 0.632. The lowest BCUT2D eigenvalue weighted by atomic mass is 9.75. The first-order valence-corrected chi connectivity index (χ1v) is 9.28. The molecule has 0 spiro atoms. The van der Waals surface area contributed by atoms with E-state index in [1.165, 1.54) is 18.2 Å². The second kappa shape index (κ2) is 7.58. The van der Waals surface area contributed by atoms with Crippen LogP contribution in [0, 0.1) is 17.3 Å². The van der Waals surface area contributed by atoms with Gasteiger partial charge in [0.25, 0.3) is 0 Å². The van der Waals surface area contributed by atoms with E-state index >= 15 is 0 Å². The molecule has 4 N–H and O–H groups in total. The maximum atomic E-state index is 12.3. The molecule has 0 bridgehead atoms. The van der Waals surface area contributed by atoms with Crippen molar-refractivity contribution in [3.05, 3.63) is 24.3 Å². The molecule has 2 atom stereocenters. The molecule has 0 aliphatic heterocycles. The summed E-state index contributed by atoms with van der Waals surface area (Å²) in [6, 6.07) is 5.70. The maximum Gasteiger partial charge on any atom is 0.573 e. The number of nitrogens with two attached hydrogens (primary N) is 1. The van der Waals surface area contributed by atoms with E-state index in [4.69, 9.17) is 5.73 Å². The van der Waals surface area contributed by atoms with Crippen molar-refractivity contribution in [2.24, 2.45) is 23.0 Å². The topological polar surface area (TPSA) is 84.6 Å². The number of ether oxygens (including phenoxy) is 1. The molecule has 27 heavy (non-hydrogen) atoms. The van der Waals surface area contributed by atoms with Gasteiger partial charge >= 0.3 is 6.36 Å². The minimum atomic E-state index is -4.72. The summed E-state index contributed by atoms with van der Waals surface area (Å²) in [6.07, 6.45) is -0.505. The average Bonchev–Trinajstić information content (AvgIpc) is 3.30. The quantitative estimate of drug-likeness (QED) is 0.670. The molecule has 1 amide bonds. The molecular weight excluding hydrogens is 361 g/mol. The van der Waals surface area contributed by atoms with Crippen molar-refractivity contribution in [3.63, 3.8) is 0 Å². The van der Waals surface area contributed by atoms with E-state index in [0.717, 1.165) is 19.3 Å². The van der Waals surface area contributed by atoms with Crippen molar-refractivity contribution in [1.82, 2.24) is 0 Å². The fourth-order valence-electron chi connectivity index (χ4n) is 4.50. The molecule has 5 nitrogen and oxygen atoms in total. The van der Waals surface area contributed by atoms with Crippen LogP contribution < -0.4 is 15.8 Å². The van der Waals surface area contributed by atoms with Gasteiger partial charge in [-0.2, -0.15) is 0 Å². The smallest absolute Gasteiger partial charge is 0.406 e. The molecule has 2 fully saturated rings. The number of hydrogen-bond donors (Lipinski definition) is 3. The number of hydrogen-bond acceptors (Lipinski definition) is 4. The Morgan fingerprint density at radius 1 is 1.30 bits per heavy atom. The fourth-order valence-corrected chi connectivity index (χ4v) is 4.50. The van der Waals surface area contributed by atoms with E-state index in [1.54, 1.807) is 6.07 Å². The zero-order valence-corrected chi connectivity index (χ0v) is 15.0. The number of primary amides is 1. The van der Waals surface area contributed by atoms with Crippen molar-refractivity contribution in [1.29, 1.82) is 0 Å². The number of anilines is 1. The summed E-state index contributed by atoms with van der Waals surface area (Å²) < 4.78 is 40.8. The first kappa shape index (κ1) is 19.8. The summed E-state index contributed by atoms with van der Waals surface area (Å²) in [5.41, 5.74) is 5.75. The van der Waals surface area contributed by atoms with E-state index in [2.05, 4.69) is 10.1 Å². The molecule has 2 aliphatic carbocycles. The lowest BCUT2D eigenvalue weighted by Gasteiger charge is -2.31. The molecule has 0 saturated heterocycles. The molecular formula is C19H25F3N2O3. The monoisotopic (exact) mass is 386 g/mol. The number of halogens is 3. The van der Waals surface area contributed by atoms with Crippen LogP contribution >= 0.6 is 0 Å². The Morgan fingerprint density at radius 3 is 2.63 bits per heavy atom. The summed E-state index contributed by atoms with van der Waals surface area (Å²) in [5.74, 6) is -0.148. The van der Waals surface area contributed by atoms with Crippen LogP contribution in [-0.4, -0.2) is 30.0 Å². The van der Waals surface area contributed by atoms with E-state index in [-0.39, 0.29) is 29.6 Å². The molecule has 0 radical (unpaired) electrons. The third-order valence-corrected chi connectivity index (χ3v) is 5.93. The summed E-state index contributed by atoms with van der Waals surface area (Å²) in [4.78, 5) is 12.1. The summed E-state index contributed by atoms with van der Waals surface area (Å²) in [5, 5.41) is 12.8. The molecule has 2 aliphatic rings. The predicted molar refractivity (Wildman–Crippen MR) is 93.9 cm³/mol. The first-order valence-electron chi connectivity index (χ1n) is 9.28. The largest absolute Gasteiger partial charge is 0.573 e. The van der Waals surface area contributed by atoms with Gasteiger partial charge < -0.3 is 20.9 Å². The van der Waals surface area contributed by atoms with Crippen LogP contribution in [0.1, 0.15) is 38.5 Å². The Balaban J connectivity index is 1.52. The van der Waals surface area contributed by atoms with Crippen LogP contribution in [0.4, 0.5) is 18.9 Å². The molecule has 1 aromatic carbocycles. The lowest BCUT2D eigenvalue weighted by molar-refractivity contribution is -0.274. The average molecular weight is 386 g/mol. The van der Waals surface area contributed by atoms with Crippen LogP contribution in [0.25, 0.3) is 0 Å². The third kappa shape index (κ3) is 4.66. The highest BCUT2D eigenvalue weighted by Gasteiger charge is 2.62. The van der Waals surface area contributed by atoms with E-state index < -0.39 is 11.8 Å². The number of amides is 1. The highest BCUT2D eigenvalue weighted by molar-refractivity contribution is 5.84. The van der Waals surface area contributed by atoms with Gasteiger partial charge in [0.1, 0.15) is 5.75 Å². The lowest BCUT2D eigenvalue weighted by Crippen LogP contribution is -2.36. The molecule has 150 valence electrons. The van der Waals surface area contributed by atoms with E-state index in [0.29, 0.717) is 31.5 Å². The number of aliphatic hydroxyl groups excluding tert-OH is 1. The van der Waals surface area contributed by atoms with E-state index in [9.17, 15) is 23.1 Å². The molecule has 2 saturated carbocycles. The van der Waals surface area contributed by atoms with Gasteiger partial charge in [0, 0.05) is 18.3 Å². The van der Waals surface area contributed by atoms with Gasteiger partial charge in [-0.15, -0.1) is 13.2 Å². The molecule has 8 heteroatoms. The van der Waals surface area contributed by atoms with Gasteiger partial charge in [-0.05, 0) is 62.5 Å². The summed E-state index contributed by atoms with van der Waals surface area (Å²) >= 11 is 0. The van der Waals surface area contributed by atoms with Crippen LogP contribution in [0.3, 0.4) is 0 Å². The van der Waals surface area contributed by atoms with Crippen molar-refractivity contribution < 1.29 is 27.8 Å². The van der Waals surface area contributed by atoms with Gasteiger partial charge in [-0.3, -0.25) is 4.79 Å². The highest BCUT2D eigenvalue weighted by atomic mass is 19.4. The number of nitrogens with one attached hydrogen (secondary N) is 1. The number of alkyl halides is 3. The van der Waals surface area contributed by atoms with Gasteiger partial charge in [0.15, 0.2) is 0 Å². The Kier molecular flexibility index (Phi) is 5.55. The van der Waals surface area contributed by atoms with Crippen LogP contribution in [0.15, 0.2) is 24.3 Å². The van der Waals surface area contributed by atoms with Crippen LogP contribution in [0.2, 0.25) is 0 Å². The van der Waals surface area contributed by atoms with Crippen molar-refractivity contribution >= 4 is 11.6 Å². The zero-order chi connectivity index (χ0) is 19.7. The van der Waals surface area contributed by atoms with Crippen molar-refractivity contribution in [2.75, 3.05) is 11.9 Å². The number of benzene rings is 1. The number of carbonyl (C=O) groups excluding carboxylic acids is 1. The predicted octanol–water partition coefficient (Wildman–Crippen LogP) is 3.43. The zero-order valence-electron chi connectivity index (χ0n) is 15.0. The second-order valence-corrected chi connectivity index (χ2v) is 7.60. The normalized spacial score (nSPS) is 30.6. The van der Waals surface area contributed by atoms with Gasteiger partial charge in [0.2, 0.25) is 5.91 Å². The molecule has 3 rings (SSSR count). The highest BCUT2D eigenvalue weighted by Crippen LogP contribution is 2.62. The minimum absolute atomic E-state index is 0.178. The third-order valence-electron chi connectivity index (χ3n) is 5.93. The summed E-state index contributed by atoms with van der Waals surface area (Å²) in [7, 11) is 0. The minimum Gasteiger partial charge on any atom is -0.406 e. The number of aliphatic hydroxyl groups is 1. The van der Waals surface area contributed by atoms with Gasteiger partial charge in [-0.1, -0.05) is 6.07 Å². The molecule has 0 heterocycles. The van der Waals surface area contributed by atoms with Gasteiger partial charge in [-0.25, -0.2) is 0 Å². The standard InChI is InChI=1S/C19H25F3N2O3/c20-19(21,22)27-16-3-1-2-14(10-16)24-9-8-13-11-18(13,17(23)26)12-4-6-15(25)7-5-12/h1-3,10,12-13,15,24-25H,4-9,11H2,(H2,23,26). The Labute approximate surface area is 156 Å². The van der Waals surface area contributed by atoms with Crippen molar-refractivity contribution in [3.8, 4) is 5.75 Å². The molecule has 0 aromatic heterocycles. The Morgan fingerprint density at radius 2 is 2.00 bits per heavy atom. The summed E-state index contributed by atoms with van der Waals surface area (Å²) in [6.45, 7) is 0.532. The van der Waals surface area contributed by atoms with Crippen molar-refractivity contribution in [2.45, 2.75) is 51.0 Å². The molecule has 1 aromatic rings.